The fourth-order valence-electron chi connectivity index (χ4n) is 4.18. The number of hydrogen-bond donors (Lipinski definition) is 1. The van der Waals surface area contributed by atoms with E-state index in [-0.39, 0.29) is 23.6 Å². The molecule has 30 heavy (non-hydrogen) atoms. The lowest BCUT2D eigenvalue weighted by atomic mass is 10.1. The van der Waals surface area contributed by atoms with Crippen molar-refractivity contribution in [2.24, 2.45) is 0 Å². The van der Waals surface area contributed by atoms with Crippen molar-refractivity contribution in [1.82, 2.24) is 20.0 Å². The average molecular weight is 405 g/mol. The van der Waals surface area contributed by atoms with E-state index in [0.29, 0.717) is 23.0 Å². The molecule has 1 amide bonds. The Kier molecular flexibility index (Phi) is 5.95. The highest BCUT2D eigenvalue weighted by molar-refractivity contribution is 6.04. The van der Waals surface area contributed by atoms with Gasteiger partial charge in [-0.1, -0.05) is 48.5 Å². The van der Waals surface area contributed by atoms with Gasteiger partial charge in [-0.15, -0.1) is 0 Å². The maximum atomic E-state index is 13.2. The number of carbonyl (C=O) groups is 1. The smallest absolute Gasteiger partial charge is 0.274 e. The molecule has 1 atom stereocenters. The molecule has 2 heterocycles. The molecule has 6 heteroatoms. The number of likely N-dealkylation sites (tertiary alicyclic amines) is 1. The number of nitrogens with one attached hydrogen (secondary N) is 1. The Bertz CT molecular complexity index is 1090. The Morgan fingerprint density at radius 1 is 1.00 bits per heavy atom. The van der Waals surface area contributed by atoms with Crippen LogP contribution in [-0.4, -0.2) is 40.2 Å². The second-order valence-corrected chi connectivity index (χ2v) is 8.12. The molecule has 3 aromatic rings. The number of nitrogens with zero attached hydrogens (tertiary/aromatic N) is 3. The first-order chi connectivity index (χ1) is 14.6. The Morgan fingerprint density at radius 3 is 2.30 bits per heavy atom. The van der Waals surface area contributed by atoms with Crippen LogP contribution >= 0.6 is 0 Å². The Hall–Kier alpha value is -2.99. The van der Waals surface area contributed by atoms with Crippen LogP contribution in [0.5, 0.6) is 0 Å². The van der Waals surface area contributed by atoms with Crippen LogP contribution in [0.15, 0.2) is 59.4 Å². The van der Waals surface area contributed by atoms with Crippen molar-refractivity contribution in [1.29, 1.82) is 0 Å². The summed E-state index contributed by atoms with van der Waals surface area (Å²) < 4.78 is 1.40. The second kappa shape index (κ2) is 8.79. The van der Waals surface area contributed by atoms with Crippen molar-refractivity contribution >= 4 is 16.7 Å². The minimum atomic E-state index is -0.249. The van der Waals surface area contributed by atoms with Crippen molar-refractivity contribution in [2.75, 3.05) is 19.6 Å². The summed E-state index contributed by atoms with van der Waals surface area (Å²) in [6.45, 7) is 6.36. The number of carbonyl (C=O) groups excluding carboxylic acids is 1. The summed E-state index contributed by atoms with van der Waals surface area (Å²) in [6, 6.07) is 17.5. The molecule has 2 aromatic carbocycles. The first-order valence-electron chi connectivity index (χ1n) is 10.6. The number of aromatic nitrogens is 2. The zero-order chi connectivity index (χ0) is 21.1. The van der Waals surface area contributed by atoms with Crippen molar-refractivity contribution in [3.05, 3.63) is 76.2 Å². The molecule has 156 valence electrons. The fourth-order valence-corrected chi connectivity index (χ4v) is 4.18. The Morgan fingerprint density at radius 2 is 1.63 bits per heavy atom. The van der Waals surface area contributed by atoms with Gasteiger partial charge in [0.25, 0.3) is 11.5 Å². The number of fused-ring (bicyclic) bond motifs is 1. The molecule has 0 bridgehead atoms. The van der Waals surface area contributed by atoms with Crippen LogP contribution in [0.2, 0.25) is 0 Å². The summed E-state index contributed by atoms with van der Waals surface area (Å²) in [4.78, 5) is 28.3. The fraction of sp³-hybridized carbons (Fsp3) is 0.375. The van der Waals surface area contributed by atoms with Crippen LogP contribution in [0.1, 0.15) is 54.8 Å². The highest BCUT2D eigenvalue weighted by atomic mass is 16.2. The molecular weight excluding hydrogens is 376 g/mol. The third-order valence-electron chi connectivity index (χ3n) is 5.75. The molecular formula is C24H28N4O2. The Balaban J connectivity index is 1.64. The number of rotatable bonds is 6. The maximum absolute atomic E-state index is 13.2. The van der Waals surface area contributed by atoms with Gasteiger partial charge in [-0.2, -0.15) is 5.10 Å². The molecule has 1 unspecified atom stereocenters. The Labute approximate surface area is 176 Å². The van der Waals surface area contributed by atoms with Crippen LogP contribution in [-0.2, 0) is 0 Å². The lowest BCUT2D eigenvalue weighted by Crippen LogP contribution is -2.38. The molecule has 6 nitrogen and oxygen atoms in total. The summed E-state index contributed by atoms with van der Waals surface area (Å²) in [5, 5.41) is 8.63. The maximum Gasteiger partial charge on any atom is 0.274 e. The van der Waals surface area contributed by atoms with Gasteiger partial charge in [-0.05, 0) is 51.4 Å². The van der Waals surface area contributed by atoms with Crippen LogP contribution in [0, 0.1) is 0 Å². The van der Waals surface area contributed by atoms with Gasteiger partial charge in [-0.3, -0.25) is 14.5 Å². The van der Waals surface area contributed by atoms with Crippen molar-refractivity contribution in [3.8, 4) is 0 Å². The van der Waals surface area contributed by atoms with Crippen LogP contribution in [0.3, 0.4) is 0 Å². The average Bonchev–Trinajstić information content (AvgIpc) is 3.29. The van der Waals surface area contributed by atoms with Gasteiger partial charge in [0.2, 0.25) is 0 Å². The molecule has 0 saturated carbocycles. The van der Waals surface area contributed by atoms with Crippen LogP contribution < -0.4 is 10.9 Å². The van der Waals surface area contributed by atoms with E-state index in [0.717, 1.165) is 13.1 Å². The van der Waals surface area contributed by atoms with E-state index in [2.05, 4.69) is 27.4 Å². The molecule has 1 saturated heterocycles. The van der Waals surface area contributed by atoms with E-state index in [1.165, 1.54) is 23.1 Å². The minimum absolute atomic E-state index is 0.125. The summed E-state index contributed by atoms with van der Waals surface area (Å²) in [6.07, 6.45) is 2.37. The highest BCUT2D eigenvalue weighted by Crippen LogP contribution is 2.24. The van der Waals surface area contributed by atoms with Crippen LogP contribution in [0.25, 0.3) is 10.8 Å². The molecule has 1 fully saturated rings. The van der Waals surface area contributed by atoms with Gasteiger partial charge in [0.15, 0.2) is 5.69 Å². The predicted molar refractivity (Wildman–Crippen MR) is 119 cm³/mol. The van der Waals surface area contributed by atoms with Crippen LogP contribution in [0.4, 0.5) is 0 Å². The van der Waals surface area contributed by atoms with E-state index in [9.17, 15) is 9.59 Å². The minimum Gasteiger partial charge on any atom is -0.349 e. The summed E-state index contributed by atoms with van der Waals surface area (Å²) in [5.41, 5.74) is 1.33. The van der Waals surface area contributed by atoms with E-state index in [1.807, 2.05) is 44.2 Å². The molecule has 0 aliphatic carbocycles. The highest BCUT2D eigenvalue weighted by Gasteiger charge is 2.25. The second-order valence-electron chi connectivity index (χ2n) is 8.12. The lowest BCUT2D eigenvalue weighted by Gasteiger charge is -2.28. The monoisotopic (exact) mass is 404 g/mol. The van der Waals surface area contributed by atoms with E-state index in [4.69, 9.17) is 0 Å². The largest absolute Gasteiger partial charge is 0.349 e. The molecule has 1 aliphatic rings. The third-order valence-corrected chi connectivity index (χ3v) is 5.75. The number of benzene rings is 2. The number of amides is 1. The van der Waals surface area contributed by atoms with E-state index < -0.39 is 0 Å². The van der Waals surface area contributed by atoms with E-state index in [1.54, 1.807) is 12.1 Å². The molecule has 0 spiro atoms. The number of hydrogen-bond acceptors (Lipinski definition) is 4. The summed E-state index contributed by atoms with van der Waals surface area (Å²) >= 11 is 0. The predicted octanol–water partition coefficient (Wildman–Crippen LogP) is 3.54. The summed E-state index contributed by atoms with van der Waals surface area (Å²) in [5.74, 6) is -0.249. The van der Waals surface area contributed by atoms with Crippen molar-refractivity contribution in [3.63, 3.8) is 0 Å². The topological polar surface area (TPSA) is 67.2 Å². The third kappa shape index (κ3) is 4.00. The quantitative estimate of drug-likeness (QED) is 0.682. The van der Waals surface area contributed by atoms with Gasteiger partial charge in [-0.25, -0.2) is 4.68 Å². The zero-order valence-corrected chi connectivity index (χ0v) is 17.5. The summed E-state index contributed by atoms with van der Waals surface area (Å²) in [7, 11) is 0. The molecule has 0 radical (unpaired) electrons. The molecule has 4 rings (SSSR count). The van der Waals surface area contributed by atoms with Gasteiger partial charge >= 0.3 is 0 Å². The standard InChI is InChI=1S/C24H28N4O2/c1-17(2)28-24(30)20-13-7-6-12-19(20)22(26-28)23(29)25-16-21(27-14-8-9-15-27)18-10-4-3-5-11-18/h3-7,10-13,17,21H,8-9,14-16H2,1-2H3,(H,25,29). The normalized spacial score (nSPS) is 15.6. The zero-order valence-electron chi connectivity index (χ0n) is 17.5. The molecule has 1 aromatic heterocycles. The van der Waals surface area contributed by atoms with Gasteiger partial charge < -0.3 is 5.32 Å². The molecule has 1 aliphatic heterocycles. The van der Waals surface area contributed by atoms with Gasteiger partial charge in [0.05, 0.1) is 17.5 Å². The SMILES string of the molecule is CC(C)n1nc(C(=O)NCC(c2ccccc2)N2CCCC2)c2ccccc2c1=O. The van der Waals surface area contributed by atoms with Gasteiger partial charge in [0, 0.05) is 11.9 Å². The van der Waals surface area contributed by atoms with Gasteiger partial charge in [0.1, 0.15) is 0 Å². The first-order valence-corrected chi connectivity index (χ1v) is 10.6. The van der Waals surface area contributed by atoms with Crippen molar-refractivity contribution in [2.45, 2.75) is 38.8 Å². The molecule has 1 N–H and O–H groups in total. The van der Waals surface area contributed by atoms with E-state index >= 15 is 0 Å². The first kappa shape index (κ1) is 20.3. The lowest BCUT2D eigenvalue weighted by molar-refractivity contribution is 0.0932. The van der Waals surface area contributed by atoms with Crippen molar-refractivity contribution < 1.29 is 4.79 Å².